The molecular weight excluding hydrogens is 458 g/mol. The van der Waals surface area contributed by atoms with E-state index < -0.39 is 9.84 Å². The van der Waals surface area contributed by atoms with Crippen LogP contribution in [-0.4, -0.2) is 40.6 Å². The number of benzene rings is 3. The summed E-state index contributed by atoms with van der Waals surface area (Å²) in [6.07, 6.45) is 3.20. The Balaban J connectivity index is 1.97. The Morgan fingerprint density at radius 1 is 0.943 bits per heavy atom. The van der Waals surface area contributed by atoms with Crippen LogP contribution in [-0.2, 0) is 22.7 Å². The molecule has 6 heteroatoms. The Morgan fingerprint density at radius 2 is 1.60 bits per heavy atom. The fraction of sp³-hybridized carbons (Fsp3) is 0.310. The number of likely N-dealkylation sites (N-methyl/N-ethyl adjacent to an activating group) is 1. The van der Waals surface area contributed by atoms with Gasteiger partial charge in [0, 0.05) is 25.2 Å². The second kappa shape index (κ2) is 10.6. The third kappa shape index (κ3) is 5.22. The SMILES string of the molecule is CCN1/C=C(/S(=O)(=O)c2ccc(C)cc2)C(Cc2ccccc2)c2cc(OC)c(OC)cc2CC1. The predicted molar refractivity (Wildman–Crippen MR) is 140 cm³/mol. The standard InChI is InChI=1S/C29H33NO4S/c1-5-30-16-15-23-18-27(33-3)28(34-4)19-25(23)26(17-22-9-7-6-8-10-22)29(20-30)35(31,32)24-13-11-21(2)12-14-24/h6-14,18-20,26H,5,15-17H2,1-4H3/b29-20+. The van der Waals surface area contributed by atoms with E-state index in [0.717, 1.165) is 28.7 Å². The van der Waals surface area contributed by atoms with E-state index in [1.54, 1.807) is 26.4 Å². The van der Waals surface area contributed by atoms with Crippen LogP contribution in [0.3, 0.4) is 0 Å². The molecule has 4 rings (SSSR count). The lowest BCUT2D eigenvalue weighted by Crippen LogP contribution is -2.27. The average molecular weight is 492 g/mol. The minimum Gasteiger partial charge on any atom is -0.493 e. The van der Waals surface area contributed by atoms with E-state index in [2.05, 4.69) is 11.8 Å². The van der Waals surface area contributed by atoms with Gasteiger partial charge < -0.3 is 14.4 Å². The van der Waals surface area contributed by atoms with Crippen LogP contribution in [0.5, 0.6) is 11.5 Å². The van der Waals surface area contributed by atoms with Gasteiger partial charge in [-0.05, 0) is 67.6 Å². The first-order chi connectivity index (χ1) is 16.9. The molecule has 1 aliphatic rings. The van der Waals surface area contributed by atoms with Gasteiger partial charge in [0.15, 0.2) is 11.5 Å². The van der Waals surface area contributed by atoms with Crippen LogP contribution in [0.4, 0.5) is 0 Å². The van der Waals surface area contributed by atoms with Crippen molar-refractivity contribution in [2.45, 2.75) is 37.5 Å². The van der Waals surface area contributed by atoms with Gasteiger partial charge in [0.05, 0.1) is 24.0 Å². The maximum Gasteiger partial charge on any atom is 0.204 e. The first-order valence-corrected chi connectivity index (χ1v) is 13.4. The van der Waals surface area contributed by atoms with Crippen molar-refractivity contribution in [3.8, 4) is 11.5 Å². The lowest BCUT2D eigenvalue weighted by atomic mass is 9.86. The Labute approximate surface area is 208 Å². The third-order valence-electron chi connectivity index (χ3n) is 6.67. The van der Waals surface area contributed by atoms with E-state index in [1.807, 2.05) is 67.7 Å². The van der Waals surface area contributed by atoms with E-state index >= 15 is 0 Å². The highest BCUT2D eigenvalue weighted by molar-refractivity contribution is 7.95. The number of aryl methyl sites for hydroxylation is 1. The molecule has 0 N–H and O–H groups in total. The Bertz CT molecular complexity index is 1300. The van der Waals surface area contributed by atoms with Crippen molar-refractivity contribution in [3.63, 3.8) is 0 Å². The Morgan fingerprint density at radius 3 is 2.23 bits per heavy atom. The van der Waals surface area contributed by atoms with Crippen LogP contribution < -0.4 is 9.47 Å². The van der Waals surface area contributed by atoms with Crippen LogP contribution in [0.25, 0.3) is 0 Å². The molecule has 0 radical (unpaired) electrons. The largest absolute Gasteiger partial charge is 0.493 e. The van der Waals surface area contributed by atoms with Crippen molar-refractivity contribution in [3.05, 3.63) is 100 Å². The summed E-state index contributed by atoms with van der Waals surface area (Å²) in [5, 5.41) is 0. The molecule has 3 aromatic rings. The smallest absolute Gasteiger partial charge is 0.204 e. The molecule has 0 aliphatic carbocycles. The number of hydrogen-bond acceptors (Lipinski definition) is 5. The summed E-state index contributed by atoms with van der Waals surface area (Å²) in [5.74, 6) is 0.873. The summed E-state index contributed by atoms with van der Waals surface area (Å²) in [6, 6.07) is 21.1. The van der Waals surface area contributed by atoms with Gasteiger partial charge in [0.1, 0.15) is 0 Å². The molecule has 5 nitrogen and oxygen atoms in total. The van der Waals surface area contributed by atoms with Gasteiger partial charge in [-0.1, -0.05) is 48.0 Å². The van der Waals surface area contributed by atoms with Gasteiger partial charge in [0.25, 0.3) is 0 Å². The molecule has 0 saturated heterocycles. The molecule has 3 aromatic carbocycles. The van der Waals surface area contributed by atoms with Crippen molar-refractivity contribution < 1.29 is 17.9 Å². The molecule has 35 heavy (non-hydrogen) atoms. The molecule has 1 aliphatic heterocycles. The maximum absolute atomic E-state index is 14.2. The summed E-state index contributed by atoms with van der Waals surface area (Å²) in [5.41, 5.74) is 4.14. The van der Waals surface area contributed by atoms with Gasteiger partial charge >= 0.3 is 0 Å². The molecule has 1 atom stereocenters. The zero-order valence-electron chi connectivity index (χ0n) is 20.8. The summed E-state index contributed by atoms with van der Waals surface area (Å²) in [4.78, 5) is 2.81. The highest BCUT2D eigenvalue weighted by Gasteiger charge is 2.33. The van der Waals surface area contributed by atoms with E-state index in [-0.39, 0.29) is 5.92 Å². The Hall–Kier alpha value is -3.25. The van der Waals surface area contributed by atoms with Crippen LogP contribution in [0.15, 0.2) is 82.7 Å². The second-order valence-corrected chi connectivity index (χ2v) is 10.8. The van der Waals surface area contributed by atoms with Gasteiger partial charge in [-0.25, -0.2) is 8.42 Å². The molecular formula is C29H33NO4S. The zero-order valence-corrected chi connectivity index (χ0v) is 21.6. The number of methoxy groups -OCH3 is 2. The van der Waals surface area contributed by atoms with Crippen molar-refractivity contribution in [2.24, 2.45) is 0 Å². The molecule has 0 spiro atoms. The predicted octanol–water partition coefficient (Wildman–Crippen LogP) is 5.53. The number of allylic oxidation sites excluding steroid dienone is 1. The summed E-state index contributed by atoms with van der Waals surface area (Å²) < 4.78 is 39.5. The number of hydrogen-bond donors (Lipinski definition) is 0. The van der Waals surface area contributed by atoms with Gasteiger partial charge in [0.2, 0.25) is 9.84 Å². The molecule has 184 valence electrons. The molecule has 0 bridgehead atoms. The summed E-state index contributed by atoms with van der Waals surface area (Å²) in [7, 11) is -0.527. The lowest BCUT2D eigenvalue weighted by molar-refractivity contribution is 0.352. The van der Waals surface area contributed by atoms with E-state index in [1.165, 1.54) is 0 Å². The quantitative estimate of drug-likeness (QED) is 0.435. The van der Waals surface area contributed by atoms with E-state index in [9.17, 15) is 8.42 Å². The highest BCUT2D eigenvalue weighted by atomic mass is 32.2. The molecule has 1 heterocycles. The highest BCUT2D eigenvalue weighted by Crippen LogP contribution is 2.42. The van der Waals surface area contributed by atoms with E-state index in [4.69, 9.17) is 9.47 Å². The molecule has 0 amide bonds. The fourth-order valence-corrected chi connectivity index (χ4v) is 6.29. The summed E-state index contributed by atoms with van der Waals surface area (Å²) in [6.45, 7) is 5.44. The minimum absolute atomic E-state index is 0.311. The fourth-order valence-electron chi connectivity index (χ4n) is 4.65. The molecule has 0 fully saturated rings. The van der Waals surface area contributed by atoms with Crippen molar-refractivity contribution >= 4 is 9.84 Å². The monoisotopic (exact) mass is 491 g/mol. The van der Waals surface area contributed by atoms with Crippen LogP contribution in [0.2, 0.25) is 0 Å². The lowest BCUT2D eigenvalue weighted by Gasteiger charge is -2.31. The van der Waals surface area contributed by atoms with Crippen molar-refractivity contribution in [2.75, 3.05) is 27.3 Å². The number of sulfone groups is 1. The maximum atomic E-state index is 14.2. The minimum atomic E-state index is -3.76. The number of nitrogens with zero attached hydrogens (tertiary/aromatic N) is 1. The van der Waals surface area contributed by atoms with Crippen molar-refractivity contribution in [1.82, 2.24) is 4.90 Å². The topological polar surface area (TPSA) is 55.8 Å². The second-order valence-electron chi connectivity index (χ2n) is 8.87. The number of rotatable bonds is 7. The van der Waals surface area contributed by atoms with Crippen LogP contribution in [0, 0.1) is 6.92 Å². The first-order valence-electron chi connectivity index (χ1n) is 11.9. The molecule has 0 aromatic heterocycles. The molecule has 0 saturated carbocycles. The zero-order chi connectivity index (χ0) is 25.0. The van der Waals surface area contributed by atoms with E-state index in [0.29, 0.717) is 40.8 Å². The first kappa shape index (κ1) is 24.9. The Kier molecular flexibility index (Phi) is 7.51. The van der Waals surface area contributed by atoms with Gasteiger partial charge in [-0.3, -0.25) is 0 Å². The van der Waals surface area contributed by atoms with Gasteiger partial charge in [-0.2, -0.15) is 0 Å². The third-order valence-corrected chi connectivity index (χ3v) is 8.58. The van der Waals surface area contributed by atoms with Crippen LogP contribution >= 0.6 is 0 Å². The number of fused-ring (bicyclic) bond motifs is 1. The van der Waals surface area contributed by atoms with Gasteiger partial charge in [-0.15, -0.1) is 0 Å². The number of ether oxygens (including phenoxy) is 2. The van der Waals surface area contributed by atoms with Crippen LogP contribution in [0.1, 0.15) is 35.1 Å². The normalized spacial score (nSPS) is 17.5. The van der Waals surface area contributed by atoms with Crippen molar-refractivity contribution in [1.29, 1.82) is 0 Å². The average Bonchev–Trinajstić information content (AvgIpc) is 2.87. The summed E-state index contributed by atoms with van der Waals surface area (Å²) >= 11 is 0. The molecule has 1 unspecified atom stereocenters.